The first-order valence-electron chi connectivity index (χ1n) is 4.64. The fraction of sp³-hybridized carbons (Fsp3) is 0.0833. The van der Waals surface area contributed by atoms with E-state index in [1.165, 1.54) is 16.2 Å². The molecule has 0 bridgehead atoms. The molecule has 0 amide bonds. The third-order valence-electron chi connectivity index (χ3n) is 2.57. The lowest BCUT2D eigenvalue weighted by Crippen LogP contribution is -1.87. The van der Waals surface area contributed by atoms with Crippen LogP contribution in [0.5, 0.6) is 0 Å². The van der Waals surface area contributed by atoms with E-state index >= 15 is 0 Å². The molecule has 0 fully saturated rings. The first-order chi connectivity index (χ1) is 6.84. The van der Waals surface area contributed by atoms with Crippen LogP contribution in [-0.4, -0.2) is 9.55 Å². The summed E-state index contributed by atoms with van der Waals surface area (Å²) in [5, 5.41) is 3.77. The van der Waals surface area contributed by atoms with Crippen LogP contribution in [0.15, 0.2) is 42.9 Å². The molecule has 2 heteroatoms. The van der Waals surface area contributed by atoms with Gasteiger partial charge in [-0.3, -0.25) is 4.98 Å². The minimum absolute atomic E-state index is 1.07. The maximum Gasteiger partial charge on any atom is 0.0709 e. The number of fused-ring (bicyclic) bond motifs is 3. The summed E-state index contributed by atoms with van der Waals surface area (Å²) in [5.74, 6) is 0. The molecule has 2 aromatic heterocycles. The highest BCUT2D eigenvalue weighted by Gasteiger charge is 2.00. The third-order valence-corrected chi connectivity index (χ3v) is 2.57. The van der Waals surface area contributed by atoms with Gasteiger partial charge < -0.3 is 4.57 Å². The predicted molar refractivity (Wildman–Crippen MR) is 58.2 cm³/mol. The van der Waals surface area contributed by atoms with E-state index < -0.39 is 0 Å². The van der Waals surface area contributed by atoms with Crippen LogP contribution in [0.25, 0.3) is 21.7 Å². The third kappa shape index (κ3) is 0.940. The lowest BCUT2D eigenvalue weighted by atomic mass is 10.1. The highest BCUT2D eigenvalue weighted by molar-refractivity contribution is 6.05. The molecular weight excluding hydrogens is 172 g/mol. The zero-order valence-corrected chi connectivity index (χ0v) is 7.94. The average molecular weight is 182 g/mol. The highest BCUT2D eigenvalue weighted by Crippen LogP contribution is 2.23. The van der Waals surface area contributed by atoms with Crippen LogP contribution in [0.1, 0.15) is 0 Å². The van der Waals surface area contributed by atoms with Crippen LogP contribution in [0, 0.1) is 0 Å². The summed E-state index contributed by atoms with van der Waals surface area (Å²) in [6.45, 7) is 0. The van der Waals surface area contributed by atoms with Gasteiger partial charge in [-0.25, -0.2) is 0 Å². The normalized spacial score (nSPS) is 11.2. The number of rotatable bonds is 0. The minimum atomic E-state index is 1.07. The average Bonchev–Trinajstić information content (AvgIpc) is 2.65. The predicted octanol–water partition coefficient (Wildman–Crippen LogP) is 2.73. The van der Waals surface area contributed by atoms with E-state index in [2.05, 4.69) is 46.2 Å². The van der Waals surface area contributed by atoms with Crippen LogP contribution in [0.2, 0.25) is 0 Å². The van der Waals surface area contributed by atoms with Crippen molar-refractivity contribution in [2.24, 2.45) is 7.05 Å². The van der Waals surface area contributed by atoms with Gasteiger partial charge in [-0.05, 0) is 23.6 Å². The molecular formula is C12H10N2. The second-order valence-corrected chi connectivity index (χ2v) is 3.56. The quantitative estimate of drug-likeness (QED) is 0.522. The van der Waals surface area contributed by atoms with E-state index in [1.807, 2.05) is 13.2 Å². The molecule has 2 heterocycles. The van der Waals surface area contributed by atoms with E-state index in [0.29, 0.717) is 0 Å². The Hall–Kier alpha value is -1.83. The summed E-state index contributed by atoms with van der Waals surface area (Å²) in [6, 6.07) is 8.38. The number of hydrogen-bond acceptors (Lipinski definition) is 1. The van der Waals surface area contributed by atoms with E-state index in [0.717, 1.165) is 5.52 Å². The Morgan fingerprint density at radius 3 is 2.93 bits per heavy atom. The fourth-order valence-electron chi connectivity index (χ4n) is 1.86. The van der Waals surface area contributed by atoms with Gasteiger partial charge in [0, 0.05) is 36.4 Å². The van der Waals surface area contributed by atoms with Gasteiger partial charge in [0.1, 0.15) is 0 Å². The van der Waals surface area contributed by atoms with Crippen molar-refractivity contribution in [3.63, 3.8) is 0 Å². The summed E-state index contributed by atoms with van der Waals surface area (Å²) in [5.41, 5.74) is 1.07. The second-order valence-electron chi connectivity index (χ2n) is 3.56. The van der Waals surface area contributed by atoms with Gasteiger partial charge in [-0.2, -0.15) is 0 Å². The molecule has 0 N–H and O–H groups in total. The number of aromatic nitrogens is 2. The smallest absolute Gasteiger partial charge is 0.0709 e. The Morgan fingerprint density at radius 2 is 2.00 bits per heavy atom. The van der Waals surface area contributed by atoms with Gasteiger partial charge >= 0.3 is 0 Å². The van der Waals surface area contributed by atoms with Crippen LogP contribution >= 0.6 is 0 Å². The first-order valence-corrected chi connectivity index (χ1v) is 4.64. The molecule has 14 heavy (non-hydrogen) atoms. The lowest BCUT2D eigenvalue weighted by molar-refractivity contribution is 0.915. The largest absolute Gasteiger partial charge is 0.357 e. The number of pyridine rings is 1. The van der Waals surface area contributed by atoms with E-state index in [-0.39, 0.29) is 0 Å². The van der Waals surface area contributed by atoms with Crippen molar-refractivity contribution in [3.05, 3.63) is 42.9 Å². The van der Waals surface area contributed by atoms with E-state index in [9.17, 15) is 0 Å². The van der Waals surface area contributed by atoms with Crippen molar-refractivity contribution in [3.8, 4) is 0 Å². The zero-order valence-electron chi connectivity index (χ0n) is 7.94. The van der Waals surface area contributed by atoms with Crippen molar-refractivity contribution < 1.29 is 0 Å². The zero-order chi connectivity index (χ0) is 9.54. The van der Waals surface area contributed by atoms with Crippen LogP contribution < -0.4 is 0 Å². The molecule has 0 unspecified atom stereocenters. The van der Waals surface area contributed by atoms with Crippen LogP contribution in [-0.2, 0) is 7.05 Å². The first kappa shape index (κ1) is 7.56. The Labute approximate surface area is 81.8 Å². The molecule has 0 aliphatic carbocycles. The molecule has 1 aromatic carbocycles. The molecule has 3 aromatic rings. The summed E-state index contributed by atoms with van der Waals surface area (Å²) >= 11 is 0. The summed E-state index contributed by atoms with van der Waals surface area (Å²) in [4.78, 5) is 4.29. The van der Waals surface area contributed by atoms with E-state index in [1.54, 1.807) is 0 Å². The maximum absolute atomic E-state index is 4.29. The van der Waals surface area contributed by atoms with Gasteiger partial charge in [-0.15, -0.1) is 0 Å². The van der Waals surface area contributed by atoms with E-state index in [4.69, 9.17) is 0 Å². The number of hydrogen-bond donors (Lipinski definition) is 0. The van der Waals surface area contributed by atoms with Crippen molar-refractivity contribution in [1.29, 1.82) is 0 Å². The molecule has 0 aliphatic rings. The Kier molecular flexibility index (Phi) is 1.39. The summed E-state index contributed by atoms with van der Waals surface area (Å²) in [6.07, 6.45) is 6.06. The van der Waals surface area contributed by atoms with Gasteiger partial charge in [0.2, 0.25) is 0 Å². The minimum Gasteiger partial charge on any atom is -0.357 e. The van der Waals surface area contributed by atoms with Gasteiger partial charge in [0.15, 0.2) is 0 Å². The summed E-state index contributed by atoms with van der Waals surface area (Å²) < 4.78 is 2.06. The number of nitrogens with zero attached hydrogens (tertiary/aromatic N) is 2. The van der Waals surface area contributed by atoms with Gasteiger partial charge in [0.05, 0.1) is 5.52 Å². The number of aryl methyl sites for hydroxylation is 1. The summed E-state index contributed by atoms with van der Waals surface area (Å²) in [7, 11) is 2.04. The SMILES string of the molecule is Cn1ccc2ccc3nccc3c2c1. The molecule has 0 spiro atoms. The van der Waals surface area contributed by atoms with Crippen molar-refractivity contribution >= 4 is 21.7 Å². The fourth-order valence-corrected chi connectivity index (χ4v) is 1.86. The Morgan fingerprint density at radius 1 is 1.07 bits per heavy atom. The second kappa shape index (κ2) is 2.58. The molecule has 0 saturated carbocycles. The molecule has 0 atom stereocenters. The Bertz CT molecular complexity index is 608. The molecule has 68 valence electrons. The molecule has 0 radical (unpaired) electrons. The standard InChI is InChI=1S/C12H10N2/c1-14-7-5-9-2-3-12-10(4-6-13-12)11(9)8-14/h2-8H,1H3. The van der Waals surface area contributed by atoms with Crippen molar-refractivity contribution in [2.45, 2.75) is 0 Å². The van der Waals surface area contributed by atoms with Crippen molar-refractivity contribution in [2.75, 3.05) is 0 Å². The molecule has 2 nitrogen and oxygen atoms in total. The molecule has 0 aliphatic heterocycles. The van der Waals surface area contributed by atoms with Crippen LogP contribution in [0.4, 0.5) is 0 Å². The molecule has 3 rings (SSSR count). The maximum atomic E-state index is 4.29. The van der Waals surface area contributed by atoms with Gasteiger partial charge in [0.25, 0.3) is 0 Å². The Balaban J connectivity index is 2.60. The number of benzene rings is 1. The molecule has 0 saturated heterocycles. The topological polar surface area (TPSA) is 17.8 Å². The lowest BCUT2D eigenvalue weighted by Gasteiger charge is -2.02. The van der Waals surface area contributed by atoms with Crippen LogP contribution in [0.3, 0.4) is 0 Å². The van der Waals surface area contributed by atoms with Crippen molar-refractivity contribution in [1.82, 2.24) is 9.55 Å². The monoisotopic (exact) mass is 182 g/mol. The van der Waals surface area contributed by atoms with Gasteiger partial charge in [-0.1, -0.05) is 6.07 Å². The highest BCUT2D eigenvalue weighted by atomic mass is 14.9.